The number of aryl methyl sites for hydroxylation is 2. The van der Waals surface area contributed by atoms with E-state index in [9.17, 15) is 29.5 Å². The van der Waals surface area contributed by atoms with Crippen molar-refractivity contribution in [3.8, 4) is 11.8 Å². The number of aromatic nitrogens is 1. The highest BCUT2D eigenvalue weighted by Gasteiger charge is 2.31. The summed E-state index contributed by atoms with van der Waals surface area (Å²) in [5.41, 5.74) is 2.23. The number of benzene rings is 2. The minimum Gasteiger partial charge on any atom is -0.491 e. The van der Waals surface area contributed by atoms with Gasteiger partial charge in [-0.15, -0.1) is 0 Å². The van der Waals surface area contributed by atoms with Crippen LogP contribution in [0.5, 0.6) is 5.75 Å². The van der Waals surface area contributed by atoms with Crippen molar-refractivity contribution in [2.24, 2.45) is 0 Å². The summed E-state index contributed by atoms with van der Waals surface area (Å²) in [6.45, 7) is 4.70. The van der Waals surface area contributed by atoms with Crippen molar-refractivity contribution in [3.05, 3.63) is 88.3 Å². The first-order valence-electron chi connectivity index (χ1n) is 14.0. The van der Waals surface area contributed by atoms with Gasteiger partial charge < -0.3 is 35.2 Å². The van der Waals surface area contributed by atoms with Gasteiger partial charge in [0.25, 0.3) is 11.8 Å². The molecule has 3 aromatic rings. The van der Waals surface area contributed by atoms with E-state index in [0.29, 0.717) is 17.1 Å². The van der Waals surface area contributed by atoms with Gasteiger partial charge in [0.15, 0.2) is 5.69 Å². The summed E-state index contributed by atoms with van der Waals surface area (Å²) in [6.07, 6.45) is 0.0801. The Morgan fingerprint density at radius 2 is 1.78 bits per heavy atom. The smallest absolute Gasteiger partial charge is 0.274 e. The molecule has 0 radical (unpaired) electrons. The van der Waals surface area contributed by atoms with E-state index in [1.807, 2.05) is 37.3 Å². The number of nitrogens with zero attached hydrogens (tertiary/aromatic N) is 3. The molecule has 1 heterocycles. The Labute approximate surface area is 260 Å². The van der Waals surface area contributed by atoms with E-state index in [4.69, 9.17) is 9.26 Å². The van der Waals surface area contributed by atoms with Gasteiger partial charge >= 0.3 is 0 Å². The molecule has 1 aromatic heterocycles. The number of aliphatic hydroxyl groups excluding tert-OH is 1. The molecule has 1 unspecified atom stereocenters. The SMILES string of the molecule is Cc1ccc(CNC(=O)C(COc2cccc(C=C(C#N)C(=O)N(C)C)c2)NC(=O)[C@@H](NC(=O)c2cc(C)on2)[C@@H](C)O)cc1. The van der Waals surface area contributed by atoms with Gasteiger partial charge in [0.05, 0.1) is 6.10 Å². The Morgan fingerprint density at radius 3 is 2.38 bits per heavy atom. The van der Waals surface area contributed by atoms with Crippen molar-refractivity contribution in [2.45, 2.75) is 45.5 Å². The molecule has 0 saturated heterocycles. The molecule has 0 aliphatic rings. The first-order chi connectivity index (χ1) is 21.4. The summed E-state index contributed by atoms with van der Waals surface area (Å²) >= 11 is 0. The van der Waals surface area contributed by atoms with Crippen LogP contribution in [-0.2, 0) is 20.9 Å². The molecule has 0 fully saturated rings. The number of carbonyl (C=O) groups excluding carboxylic acids is 4. The van der Waals surface area contributed by atoms with Crippen LogP contribution in [0, 0.1) is 25.2 Å². The zero-order chi connectivity index (χ0) is 33.1. The fourth-order valence-electron chi connectivity index (χ4n) is 3.98. The average Bonchev–Trinajstić information content (AvgIpc) is 3.45. The maximum Gasteiger partial charge on any atom is 0.274 e. The third-order valence-electron chi connectivity index (χ3n) is 6.48. The minimum absolute atomic E-state index is 0.0789. The molecule has 13 heteroatoms. The summed E-state index contributed by atoms with van der Waals surface area (Å²) in [4.78, 5) is 52.7. The summed E-state index contributed by atoms with van der Waals surface area (Å²) < 4.78 is 10.8. The van der Waals surface area contributed by atoms with Crippen LogP contribution in [0.25, 0.3) is 6.08 Å². The molecule has 3 rings (SSSR count). The molecule has 0 saturated carbocycles. The lowest BCUT2D eigenvalue weighted by molar-refractivity contribution is -0.132. The zero-order valence-corrected chi connectivity index (χ0v) is 25.7. The fourth-order valence-corrected chi connectivity index (χ4v) is 3.98. The molecule has 0 bridgehead atoms. The molecule has 0 aliphatic heterocycles. The Kier molecular flexibility index (Phi) is 12.0. The topological polar surface area (TPSA) is 187 Å². The second kappa shape index (κ2) is 15.8. The quantitative estimate of drug-likeness (QED) is 0.164. The molecule has 13 nitrogen and oxygen atoms in total. The van der Waals surface area contributed by atoms with E-state index in [1.54, 1.807) is 31.2 Å². The molecule has 4 amide bonds. The van der Waals surface area contributed by atoms with E-state index in [-0.39, 0.29) is 24.4 Å². The van der Waals surface area contributed by atoms with Crippen LogP contribution in [0.2, 0.25) is 0 Å². The minimum atomic E-state index is -1.44. The van der Waals surface area contributed by atoms with Crippen LogP contribution in [0.15, 0.2) is 64.7 Å². The standard InChI is InChI=1S/C32H36N6O7/c1-19-9-11-22(12-10-19)17-34-29(40)27(35-31(42)28(21(3)39)36-30(41)26-13-20(2)45-37-26)18-44-25-8-6-7-23(15-25)14-24(16-33)32(43)38(4)5/h6-15,21,27-28,39H,17-18H2,1-5H3,(H,34,40)(H,35,42)(H,36,41)/t21-,27?,28+/m1/s1. The molecule has 236 valence electrons. The van der Waals surface area contributed by atoms with Crippen LogP contribution >= 0.6 is 0 Å². The number of rotatable bonds is 13. The second-order valence-electron chi connectivity index (χ2n) is 10.5. The van der Waals surface area contributed by atoms with Crippen molar-refractivity contribution in [1.29, 1.82) is 5.26 Å². The van der Waals surface area contributed by atoms with Crippen LogP contribution in [0.3, 0.4) is 0 Å². The number of carbonyl (C=O) groups is 4. The highest BCUT2D eigenvalue weighted by atomic mass is 16.5. The van der Waals surface area contributed by atoms with E-state index in [0.717, 1.165) is 11.1 Å². The highest BCUT2D eigenvalue weighted by Crippen LogP contribution is 2.17. The van der Waals surface area contributed by atoms with Gasteiger partial charge in [0.1, 0.15) is 41.8 Å². The van der Waals surface area contributed by atoms with Crippen LogP contribution in [0.4, 0.5) is 0 Å². The lowest BCUT2D eigenvalue weighted by Crippen LogP contribution is -2.58. The summed E-state index contributed by atoms with van der Waals surface area (Å²) in [5, 5.41) is 31.1. The van der Waals surface area contributed by atoms with Crippen molar-refractivity contribution < 1.29 is 33.5 Å². The largest absolute Gasteiger partial charge is 0.491 e. The number of hydrogen-bond donors (Lipinski definition) is 4. The third kappa shape index (κ3) is 10.0. The van der Waals surface area contributed by atoms with E-state index < -0.39 is 41.8 Å². The van der Waals surface area contributed by atoms with Crippen LogP contribution in [0.1, 0.15) is 39.9 Å². The number of amides is 4. The van der Waals surface area contributed by atoms with Gasteiger partial charge in [0.2, 0.25) is 11.8 Å². The van der Waals surface area contributed by atoms with Crippen molar-refractivity contribution >= 4 is 29.7 Å². The lowest BCUT2D eigenvalue weighted by Gasteiger charge is -2.24. The van der Waals surface area contributed by atoms with E-state index >= 15 is 0 Å². The van der Waals surface area contributed by atoms with Crippen molar-refractivity contribution in [3.63, 3.8) is 0 Å². The Hall–Kier alpha value is -5.48. The summed E-state index contributed by atoms with van der Waals surface area (Å²) in [7, 11) is 3.07. The molecule has 3 atom stereocenters. The predicted octanol–water partition coefficient (Wildman–Crippen LogP) is 1.65. The zero-order valence-electron chi connectivity index (χ0n) is 25.7. The second-order valence-corrected chi connectivity index (χ2v) is 10.5. The van der Waals surface area contributed by atoms with Gasteiger partial charge in [-0.1, -0.05) is 47.1 Å². The van der Waals surface area contributed by atoms with Crippen molar-refractivity contribution in [2.75, 3.05) is 20.7 Å². The number of nitrogens with one attached hydrogen (secondary N) is 3. The van der Waals surface area contributed by atoms with Gasteiger partial charge in [-0.05, 0) is 50.1 Å². The van der Waals surface area contributed by atoms with E-state index in [2.05, 4.69) is 21.1 Å². The average molecular weight is 617 g/mol. The maximum atomic E-state index is 13.3. The molecular weight excluding hydrogens is 580 g/mol. The first kappa shape index (κ1) is 34.0. The third-order valence-corrected chi connectivity index (χ3v) is 6.48. The first-order valence-corrected chi connectivity index (χ1v) is 14.0. The van der Waals surface area contributed by atoms with Gasteiger partial charge in [0, 0.05) is 26.7 Å². The normalized spacial score (nSPS) is 13.0. The number of hydrogen-bond acceptors (Lipinski definition) is 9. The van der Waals surface area contributed by atoms with Gasteiger partial charge in [-0.25, -0.2) is 0 Å². The molecule has 0 aliphatic carbocycles. The Bertz CT molecular complexity index is 1590. The molecule has 0 spiro atoms. The molecule has 4 N–H and O–H groups in total. The van der Waals surface area contributed by atoms with Gasteiger partial charge in [-0.2, -0.15) is 5.26 Å². The Morgan fingerprint density at radius 1 is 1.07 bits per heavy atom. The lowest BCUT2D eigenvalue weighted by atomic mass is 10.1. The van der Waals surface area contributed by atoms with Crippen LogP contribution < -0.4 is 20.7 Å². The fraction of sp³-hybridized carbons (Fsp3) is 0.312. The number of nitriles is 1. The summed E-state index contributed by atoms with van der Waals surface area (Å²) in [6, 6.07) is 14.6. The van der Waals surface area contributed by atoms with E-state index in [1.165, 1.54) is 38.1 Å². The number of ether oxygens (including phenoxy) is 1. The molecule has 2 aromatic carbocycles. The summed E-state index contributed by atoms with van der Waals surface area (Å²) in [5.74, 6) is -1.95. The van der Waals surface area contributed by atoms with Crippen LogP contribution in [-0.4, -0.2) is 77.7 Å². The van der Waals surface area contributed by atoms with Crippen molar-refractivity contribution in [1.82, 2.24) is 26.0 Å². The predicted molar refractivity (Wildman–Crippen MR) is 163 cm³/mol. The van der Waals surface area contributed by atoms with Gasteiger partial charge in [-0.3, -0.25) is 19.2 Å². The number of likely N-dealkylation sites (N-methyl/N-ethyl adjacent to an activating group) is 1. The Balaban J connectivity index is 1.79. The molecule has 45 heavy (non-hydrogen) atoms. The highest BCUT2D eigenvalue weighted by molar-refractivity contribution is 6.01. The maximum absolute atomic E-state index is 13.3. The molecular formula is C32H36N6O7. The monoisotopic (exact) mass is 616 g/mol. The number of aliphatic hydroxyl groups is 1.